The summed E-state index contributed by atoms with van der Waals surface area (Å²) in [5, 5.41) is 0.645. The van der Waals surface area contributed by atoms with Crippen molar-refractivity contribution in [1.82, 2.24) is 19.8 Å². The van der Waals surface area contributed by atoms with Crippen LogP contribution >= 0.6 is 11.6 Å². The second-order valence-electron chi connectivity index (χ2n) is 9.30. The number of nitrogens with one attached hydrogen (secondary N) is 1. The molecule has 0 spiro atoms. The van der Waals surface area contributed by atoms with E-state index in [1.54, 1.807) is 12.1 Å². The van der Waals surface area contributed by atoms with E-state index in [0.717, 1.165) is 43.7 Å². The molecule has 0 saturated carbocycles. The molecule has 1 aromatic carbocycles. The third-order valence-corrected chi connectivity index (χ3v) is 5.99. The molecule has 3 heterocycles. The van der Waals surface area contributed by atoms with Gasteiger partial charge in [0.05, 0.1) is 11.3 Å². The first-order valence-electron chi connectivity index (χ1n) is 10.8. The maximum absolute atomic E-state index is 12.8. The molecule has 0 bridgehead atoms. The summed E-state index contributed by atoms with van der Waals surface area (Å²) in [6.07, 6.45) is 2.38. The zero-order valence-electron chi connectivity index (χ0n) is 18.3. The van der Waals surface area contributed by atoms with Crippen LogP contribution in [-0.4, -0.2) is 57.1 Å². The number of benzene rings is 1. The molecule has 4 rings (SSSR count). The highest BCUT2D eigenvalue weighted by atomic mass is 35.5. The summed E-state index contributed by atoms with van der Waals surface area (Å²) in [4.78, 5) is 37.1. The molecule has 2 aliphatic heterocycles. The molecule has 1 N–H and O–H groups in total. The van der Waals surface area contributed by atoms with Gasteiger partial charge in [-0.25, -0.2) is 9.78 Å². The monoisotopic (exact) mass is 444 g/mol. The van der Waals surface area contributed by atoms with Gasteiger partial charge >= 0.3 is 6.09 Å². The number of aromatic amines is 1. The van der Waals surface area contributed by atoms with Crippen LogP contribution in [0.25, 0.3) is 11.4 Å². The molecule has 1 fully saturated rings. The number of ether oxygens (including phenoxy) is 1. The molecule has 1 saturated heterocycles. The largest absolute Gasteiger partial charge is 0.444 e. The average molecular weight is 445 g/mol. The number of nitrogens with zero attached hydrogens (tertiary/aromatic N) is 3. The van der Waals surface area contributed by atoms with Gasteiger partial charge in [0, 0.05) is 49.2 Å². The molecule has 1 amide bonds. The quantitative estimate of drug-likeness (QED) is 0.777. The van der Waals surface area contributed by atoms with E-state index < -0.39 is 5.60 Å². The minimum Gasteiger partial charge on any atom is -0.444 e. The smallest absolute Gasteiger partial charge is 0.410 e. The van der Waals surface area contributed by atoms with Crippen LogP contribution in [0, 0.1) is 0 Å². The lowest BCUT2D eigenvalue weighted by Crippen LogP contribution is -2.47. The fraction of sp³-hybridized carbons (Fsp3) is 0.522. The fourth-order valence-corrected chi connectivity index (χ4v) is 4.39. The van der Waals surface area contributed by atoms with Crippen LogP contribution in [-0.2, 0) is 17.7 Å². The molecule has 0 radical (unpaired) electrons. The van der Waals surface area contributed by atoms with E-state index >= 15 is 0 Å². The lowest BCUT2D eigenvalue weighted by molar-refractivity contribution is 0.0192. The number of hydrogen-bond acceptors (Lipinski definition) is 5. The van der Waals surface area contributed by atoms with Gasteiger partial charge in [0.2, 0.25) is 0 Å². The van der Waals surface area contributed by atoms with Crippen molar-refractivity contribution in [2.75, 3.05) is 19.6 Å². The van der Waals surface area contributed by atoms with Crippen LogP contribution < -0.4 is 5.56 Å². The Labute approximate surface area is 187 Å². The Morgan fingerprint density at radius 2 is 2.00 bits per heavy atom. The Kier molecular flexibility index (Phi) is 6.08. The van der Waals surface area contributed by atoms with Gasteiger partial charge in [-0.15, -0.1) is 0 Å². The van der Waals surface area contributed by atoms with Gasteiger partial charge in [0.25, 0.3) is 5.56 Å². The maximum Gasteiger partial charge on any atom is 0.410 e. The average Bonchev–Trinajstić information content (AvgIpc) is 3.16. The molecule has 2 aromatic rings. The number of likely N-dealkylation sites (tertiary alicyclic amines) is 1. The number of halogens is 1. The molecular weight excluding hydrogens is 416 g/mol. The molecule has 166 valence electrons. The number of carbonyl (C=O) groups is 1. The van der Waals surface area contributed by atoms with E-state index in [2.05, 4.69) is 9.88 Å². The van der Waals surface area contributed by atoms with E-state index in [0.29, 0.717) is 29.4 Å². The molecule has 2 aliphatic rings. The van der Waals surface area contributed by atoms with Crippen molar-refractivity contribution in [3.05, 3.63) is 50.9 Å². The predicted octanol–water partition coefficient (Wildman–Crippen LogP) is 3.85. The third kappa shape index (κ3) is 5.10. The summed E-state index contributed by atoms with van der Waals surface area (Å²) in [6, 6.07) is 7.39. The van der Waals surface area contributed by atoms with Crippen LogP contribution in [0.5, 0.6) is 0 Å². The molecule has 8 heteroatoms. The van der Waals surface area contributed by atoms with Crippen molar-refractivity contribution in [2.24, 2.45) is 0 Å². The Hall–Kier alpha value is -2.38. The molecule has 1 unspecified atom stereocenters. The van der Waals surface area contributed by atoms with Crippen LogP contribution in [0.15, 0.2) is 29.1 Å². The van der Waals surface area contributed by atoms with E-state index in [-0.39, 0.29) is 17.7 Å². The topological polar surface area (TPSA) is 78.5 Å². The summed E-state index contributed by atoms with van der Waals surface area (Å²) in [5.74, 6) is 0.570. The lowest BCUT2D eigenvalue weighted by Gasteiger charge is -2.34. The number of amides is 1. The molecule has 7 nitrogen and oxygen atoms in total. The number of carbonyl (C=O) groups excluding carboxylic acids is 1. The van der Waals surface area contributed by atoms with Crippen LogP contribution in [0.3, 0.4) is 0 Å². The second kappa shape index (κ2) is 8.63. The van der Waals surface area contributed by atoms with Gasteiger partial charge in [-0.1, -0.05) is 11.6 Å². The lowest BCUT2D eigenvalue weighted by atomic mass is 10.0. The Bertz CT molecular complexity index is 1010. The van der Waals surface area contributed by atoms with Gasteiger partial charge in [-0.2, -0.15) is 0 Å². The third-order valence-electron chi connectivity index (χ3n) is 5.74. The van der Waals surface area contributed by atoms with Gasteiger partial charge in [0.15, 0.2) is 0 Å². The first kappa shape index (κ1) is 21.8. The minimum absolute atomic E-state index is 0.102. The molecule has 1 aromatic heterocycles. The van der Waals surface area contributed by atoms with Gasteiger partial charge < -0.3 is 14.6 Å². The van der Waals surface area contributed by atoms with Crippen molar-refractivity contribution in [3.63, 3.8) is 0 Å². The van der Waals surface area contributed by atoms with Crippen molar-refractivity contribution in [1.29, 1.82) is 0 Å². The van der Waals surface area contributed by atoms with Crippen molar-refractivity contribution >= 4 is 17.7 Å². The van der Waals surface area contributed by atoms with Crippen LogP contribution in [0.4, 0.5) is 4.79 Å². The number of hydrogen-bond donors (Lipinski definition) is 1. The summed E-state index contributed by atoms with van der Waals surface area (Å²) in [6.45, 7) is 8.45. The highest BCUT2D eigenvalue weighted by Gasteiger charge is 2.34. The van der Waals surface area contributed by atoms with Crippen molar-refractivity contribution in [3.8, 4) is 11.4 Å². The maximum atomic E-state index is 12.8. The highest BCUT2D eigenvalue weighted by molar-refractivity contribution is 6.30. The van der Waals surface area contributed by atoms with Gasteiger partial charge in [-0.3, -0.25) is 9.69 Å². The van der Waals surface area contributed by atoms with E-state index in [1.807, 2.05) is 37.8 Å². The zero-order chi connectivity index (χ0) is 22.2. The molecule has 0 aliphatic carbocycles. The summed E-state index contributed by atoms with van der Waals surface area (Å²) in [7, 11) is 0. The summed E-state index contributed by atoms with van der Waals surface area (Å²) in [5.41, 5.74) is 1.79. The molecule has 31 heavy (non-hydrogen) atoms. The standard InChI is InChI=1S/C23H29ClN4O3/c1-23(2,3)31-22(30)28-11-4-5-17(28)13-27-12-10-19-18(14-27)21(29)26-20(25-19)15-6-8-16(24)9-7-15/h6-9,17H,4-5,10-14H2,1-3H3,(H,25,26,29). The summed E-state index contributed by atoms with van der Waals surface area (Å²) < 4.78 is 5.57. The number of aromatic nitrogens is 2. The fourth-order valence-electron chi connectivity index (χ4n) is 4.27. The van der Waals surface area contributed by atoms with E-state index in [4.69, 9.17) is 21.3 Å². The number of fused-ring (bicyclic) bond motifs is 1. The normalized spacial score (nSPS) is 19.4. The molecule has 1 atom stereocenters. The minimum atomic E-state index is -0.505. The van der Waals surface area contributed by atoms with Crippen LogP contribution in [0.2, 0.25) is 5.02 Å². The first-order valence-corrected chi connectivity index (χ1v) is 11.2. The SMILES string of the molecule is CC(C)(C)OC(=O)N1CCCC1CN1CCc2nc(-c3ccc(Cl)cc3)[nH]c(=O)c2C1. The Morgan fingerprint density at radius 3 is 2.71 bits per heavy atom. The second-order valence-corrected chi connectivity index (χ2v) is 9.74. The number of H-pyrrole nitrogens is 1. The van der Waals surface area contributed by atoms with Gasteiger partial charge in [0.1, 0.15) is 11.4 Å². The first-order chi connectivity index (χ1) is 14.7. The Balaban J connectivity index is 1.46. The van der Waals surface area contributed by atoms with Gasteiger partial charge in [-0.05, 0) is 57.9 Å². The Morgan fingerprint density at radius 1 is 1.26 bits per heavy atom. The predicted molar refractivity (Wildman–Crippen MR) is 120 cm³/mol. The van der Waals surface area contributed by atoms with Crippen molar-refractivity contribution in [2.45, 2.75) is 58.2 Å². The zero-order valence-corrected chi connectivity index (χ0v) is 19.0. The number of rotatable bonds is 3. The van der Waals surface area contributed by atoms with E-state index in [1.165, 1.54) is 0 Å². The van der Waals surface area contributed by atoms with Crippen LogP contribution in [0.1, 0.15) is 44.9 Å². The summed E-state index contributed by atoms with van der Waals surface area (Å²) >= 11 is 5.96. The van der Waals surface area contributed by atoms with Crippen molar-refractivity contribution < 1.29 is 9.53 Å². The highest BCUT2D eigenvalue weighted by Crippen LogP contribution is 2.24. The van der Waals surface area contributed by atoms with E-state index in [9.17, 15) is 9.59 Å². The molecular formula is C23H29ClN4O3.